The molecular weight excluding hydrogens is 296 g/mol. The van der Waals surface area contributed by atoms with Crippen LogP contribution in [0.25, 0.3) is 0 Å². The molecule has 0 radical (unpaired) electrons. The van der Waals surface area contributed by atoms with E-state index in [1.165, 1.54) is 16.7 Å². The fourth-order valence-electron chi connectivity index (χ4n) is 3.95. The zero-order chi connectivity index (χ0) is 16.5. The Morgan fingerprint density at radius 3 is 2.71 bits per heavy atom. The average molecular weight is 320 g/mol. The normalized spacial score (nSPS) is 20.9. The summed E-state index contributed by atoms with van der Waals surface area (Å²) in [6, 6.07) is 16.8. The van der Waals surface area contributed by atoms with Crippen molar-refractivity contribution >= 4 is 5.91 Å². The summed E-state index contributed by atoms with van der Waals surface area (Å²) in [5.74, 6) is 0.664. The molecule has 0 saturated carbocycles. The van der Waals surface area contributed by atoms with E-state index < -0.39 is 0 Å². The van der Waals surface area contributed by atoms with Crippen molar-refractivity contribution in [2.24, 2.45) is 0 Å². The number of likely N-dealkylation sites (N-methyl/N-ethyl adjacent to an activating group) is 1. The van der Waals surface area contributed by atoms with Crippen molar-refractivity contribution in [3.8, 4) is 0 Å². The highest BCUT2D eigenvalue weighted by Crippen LogP contribution is 2.28. The van der Waals surface area contributed by atoms with Gasteiger partial charge in [0, 0.05) is 37.7 Å². The molecule has 2 aliphatic heterocycles. The molecular formula is C21H24N2O. The first-order valence-corrected chi connectivity index (χ1v) is 8.85. The summed E-state index contributed by atoms with van der Waals surface area (Å²) >= 11 is 0. The number of benzene rings is 2. The molecule has 0 aromatic heterocycles. The van der Waals surface area contributed by atoms with Gasteiger partial charge in [0.2, 0.25) is 0 Å². The second-order valence-corrected chi connectivity index (χ2v) is 7.12. The van der Waals surface area contributed by atoms with E-state index in [2.05, 4.69) is 48.3 Å². The van der Waals surface area contributed by atoms with Crippen LogP contribution in [0.2, 0.25) is 0 Å². The van der Waals surface area contributed by atoms with Crippen molar-refractivity contribution in [3.63, 3.8) is 0 Å². The third-order valence-corrected chi connectivity index (χ3v) is 5.40. The lowest BCUT2D eigenvalue weighted by atomic mass is 9.97. The van der Waals surface area contributed by atoms with E-state index in [1.807, 2.05) is 17.0 Å². The summed E-state index contributed by atoms with van der Waals surface area (Å²) in [7, 11) is 2.15. The van der Waals surface area contributed by atoms with E-state index in [1.54, 1.807) is 0 Å². The minimum atomic E-state index is 0.190. The zero-order valence-electron chi connectivity index (χ0n) is 14.2. The molecule has 2 aromatic carbocycles. The van der Waals surface area contributed by atoms with Crippen molar-refractivity contribution in [1.82, 2.24) is 9.80 Å². The highest BCUT2D eigenvalue weighted by atomic mass is 16.2. The standard InChI is InChI=1S/C21H24N2O/c1-22-11-9-17-13-18(7-8-19(17)14-22)21(24)23-12-10-20(15-23)16-5-3-2-4-6-16/h2-8,13,20H,9-12,14-15H2,1H3/t20-/m1/s1. The van der Waals surface area contributed by atoms with Crippen molar-refractivity contribution in [2.45, 2.75) is 25.3 Å². The van der Waals surface area contributed by atoms with Crippen LogP contribution in [0.4, 0.5) is 0 Å². The quantitative estimate of drug-likeness (QED) is 0.847. The fraction of sp³-hybridized carbons (Fsp3) is 0.381. The summed E-state index contributed by atoms with van der Waals surface area (Å²) < 4.78 is 0. The largest absolute Gasteiger partial charge is 0.338 e. The van der Waals surface area contributed by atoms with Crippen molar-refractivity contribution < 1.29 is 4.79 Å². The molecule has 0 N–H and O–H groups in total. The number of fused-ring (bicyclic) bond motifs is 1. The van der Waals surface area contributed by atoms with Crippen LogP contribution in [0.15, 0.2) is 48.5 Å². The Kier molecular flexibility index (Phi) is 4.11. The molecule has 1 amide bonds. The highest BCUT2D eigenvalue weighted by Gasteiger charge is 2.28. The third kappa shape index (κ3) is 2.96. The van der Waals surface area contributed by atoms with E-state index in [-0.39, 0.29) is 5.91 Å². The lowest BCUT2D eigenvalue weighted by molar-refractivity contribution is 0.0790. The molecule has 124 valence electrons. The van der Waals surface area contributed by atoms with Crippen molar-refractivity contribution in [3.05, 3.63) is 70.8 Å². The van der Waals surface area contributed by atoms with Gasteiger partial charge in [0.05, 0.1) is 0 Å². The number of carbonyl (C=O) groups excluding carboxylic acids is 1. The predicted octanol–water partition coefficient (Wildman–Crippen LogP) is 3.30. The number of carbonyl (C=O) groups is 1. The van der Waals surface area contributed by atoms with Crippen LogP contribution in [0.3, 0.4) is 0 Å². The second kappa shape index (κ2) is 6.40. The summed E-state index contributed by atoms with van der Waals surface area (Å²) in [5.41, 5.74) is 4.91. The first-order chi connectivity index (χ1) is 11.7. The minimum Gasteiger partial charge on any atom is -0.338 e. The van der Waals surface area contributed by atoms with Gasteiger partial charge >= 0.3 is 0 Å². The topological polar surface area (TPSA) is 23.6 Å². The van der Waals surface area contributed by atoms with Crippen LogP contribution in [0, 0.1) is 0 Å². The monoisotopic (exact) mass is 320 g/mol. The number of likely N-dealkylation sites (tertiary alicyclic amines) is 1. The van der Waals surface area contributed by atoms with Gasteiger partial charge in [-0.05, 0) is 48.7 Å². The molecule has 0 spiro atoms. The van der Waals surface area contributed by atoms with Gasteiger partial charge < -0.3 is 9.80 Å². The molecule has 24 heavy (non-hydrogen) atoms. The first kappa shape index (κ1) is 15.4. The van der Waals surface area contributed by atoms with Gasteiger partial charge in [0.15, 0.2) is 0 Å². The van der Waals surface area contributed by atoms with E-state index in [0.29, 0.717) is 5.92 Å². The van der Waals surface area contributed by atoms with E-state index in [4.69, 9.17) is 0 Å². The summed E-state index contributed by atoms with van der Waals surface area (Å²) in [6.07, 6.45) is 2.10. The lowest BCUT2D eigenvalue weighted by Crippen LogP contribution is -2.30. The van der Waals surface area contributed by atoms with Crippen LogP contribution >= 0.6 is 0 Å². The van der Waals surface area contributed by atoms with Crippen LogP contribution in [0.1, 0.15) is 39.4 Å². The van der Waals surface area contributed by atoms with Gasteiger partial charge in [-0.1, -0.05) is 36.4 Å². The maximum atomic E-state index is 12.9. The molecule has 3 nitrogen and oxygen atoms in total. The van der Waals surface area contributed by atoms with Gasteiger partial charge in [-0.25, -0.2) is 0 Å². The Morgan fingerprint density at radius 1 is 1.04 bits per heavy atom. The lowest BCUT2D eigenvalue weighted by Gasteiger charge is -2.25. The van der Waals surface area contributed by atoms with Crippen LogP contribution in [0.5, 0.6) is 0 Å². The van der Waals surface area contributed by atoms with Crippen LogP contribution < -0.4 is 0 Å². The molecule has 3 heteroatoms. The molecule has 1 saturated heterocycles. The van der Waals surface area contributed by atoms with Gasteiger partial charge in [-0.2, -0.15) is 0 Å². The Labute approximate surface area is 143 Å². The van der Waals surface area contributed by atoms with Gasteiger partial charge in [0.1, 0.15) is 0 Å². The zero-order valence-corrected chi connectivity index (χ0v) is 14.2. The molecule has 0 unspecified atom stereocenters. The molecule has 0 aliphatic carbocycles. The Hall–Kier alpha value is -2.13. The maximum Gasteiger partial charge on any atom is 0.253 e. The number of nitrogens with zero attached hydrogens (tertiary/aromatic N) is 2. The first-order valence-electron chi connectivity index (χ1n) is 8.85. The molecule has 4 rings (SSSR count). The molecule has 2 aliphatic rings. The Balaban J connectivity index is 1.49. The molecule has 0 bridgehead atoms. The van der Waals surface area contributed by atoms with E-state index in [9.17, 15) is 4.79 Å². The molecule has 1 fully saturated rings. The van der Waals surface area contributed by atoms with E-state index in [0.717, 1.165) is 44.6 Å². The van der Waals surface area contributed by atoms with Crippen molar-refractivity contribution in [2.75, 3.05) is 26.7 Å². The number of amides is 1. The van der Waals surface area contributed by atoms with E-state index >= 15 is 0 Å². The van der Waals surface area contributed by atoms with Gasteiger partial charge in [-0.15, -0.1) is 0 Å². The number of hydrogen-bond donors (Lipinski definition) is 0. The second-order valence-electron chi connectivity index (χ2n) is 7.12. The van der Waals surface area contributed by atoms with Crippen molar-refractivity contribution in [1.29, 1.82) is 0 Å². The Morgan fingerprint density at radius 2 is 1.88 bits per heavy atom. The van der Waals surface area contributed by atoms with Crippen LogP contribution in [-0.4, -0.2) is 42.4 Å². The maximum absolute atomic E-state index is 12.9. The molecule has 2 heterocycles. The number of rotatable bonds is 2. The third-order valence-electron chi connectivity index (χ3n) is 5.40. The van der Waals surface area contributed by atoms with Gasteiger partial charge in [-0.3, -0.25) is 4.79 Å². The molecule has 2 aromatic rings. The summed E-state index contributed by atoms with van der Waals surface area (Å²) in [4.78, 5) is 17.2. The minimum absolute atomic E-state index is 0.190. The smallest absolute Gasteiger partial charge is 0.253 e. The average Bonchev–Trinajstić information content (AvgIpc) is 3.11. The van der Waals surface area contributed by atoms with Gasteiger partial charge in [0.25, 0.3) is 5.91 Å². The Bertz CT molecular complexity index is 741. The summed E-state index contributed by atoms with van der Waals surface area (Å²) in [5, 5.41) is 0. The number of hydrogen-bond acceptors (Lipinski definition) is 2. The predicted molar refractivity (Wildman–Crippen MR) is 96.2 cm³/mol. The van der Waals surface area contributed by atoms with Crippen LogP contribution in [-0.2, 0) is 13.0 Å². The summed E-state index contributed by atoms with van der Waals surface area (Å²) in [6.45, 7) is 3.76. The highest BCUT2D eigenvalue weighted by molar-refractivity contribution is 5.94. The molecule has 1 atom stereocenters. The fourth-order valence-corrected chi connectivity index (χ4v) is 3.95. The SMILES string of the molecule is CN1CCc2cc(C(=O)N3CC[C@@H](c4ccccc4)C3)ccc2C1.